The second-order valence-corrected chi connectivity index (χ2v) is 3.32. The molecule has 0 heterocycles. The molecule has 0 aliphatic heterocycles. The Bertz CT molecular complexity index is 253. The standard InChI is InChI=1S/C6H2BrF3.C4H10O/c7-3-1-5(9)6(10)2-4(3)8;1-3-5-4-2/h1-2H;3-4H2,1-2H3. The van der Waals surface area contributed by atoms with Gasteiger partial charge in [-0.05, 0) is 35.8 Å². The molecule has 0 amide bonds. The number of ether oxygens (including phenoxy) is 1. The Morgan fingerprint density at radius 1 is 1.00 bits per heavy atom. The molecule has 0 radical (unpaired) electrons. The van der Waals surface area contributed by atoms with Gasteiger partial charge in [-0.3, -0.25) is 0 Å². The molecule has 0 N–H and O–H groups in total. The second kappa shape index (κ2) is 7.70. The summed E-state index contributed by atoms with van der Waals surface area (Å²) in [5.41, 5.74) is 0. The van der Waals surface area contributed by atoms with E-state index in [1.54, 1.807) is 0 Å². The van der Waals surface area contributed by atoms with E-state index in [0.29, 0.717) is 6.07 Å². The summed E-state index contributed by atoms with van der Waals surface area (Å²) in [7, 11) is 0. The predicted molar refractivity (Wildman–Crippen MR) is 56.2 cm³/mol. The number of hydrogen-bond acceptors (Lipinski definition) is 1. The molecule has 0 fully saturated rings. The molecule has 0 aromatic heterocycles. The van der Waals surface area contributed by atoms with Crippen molar-refractivity contribution in [1.82, 2.24) is 0 Å². The molecule has 5 heteroatoms. The molecule has 15 heavy (non-hydrogen) atoms. The Morgan fingerprint density at radius 3 is 1.80 bits per heavy atom. The summed E-state index contributed by atoms with van der Waals surface area (Å²) in [5, 5.41) is 0. The van der Waals surface area contributed by atoms with Crippen molar-refractivity contribution in [3.63, 3.8) is 0 Å². The van der Waals surface area contributed by atoms with Gasteiger partial charge < -0.3 is 4.74 Å². The van der Waals surface area contributed by atoms with Crippen LogP contribution >= 0.6 is 15.9 Å². The summed E-state index contributed by atoms with van der Waals surface area (Å²) >= 11 is 2.70. The molecule has 1 nitrogen and oxygen atoms in total. The highest BCUT2D eigenvalue weighted by atomic mass is 79.9. The Labute approximate surface area is 95.4 Å². The van der Waals surface area contributed by atoms with Gasteiger partial charge in [-0.2, -0.15) is 0 Å². The van der Waals surface area contributed by atoms with Crippen LogP contribution in [0.1, 0.15) is 13.8 Å². The van der Waals surface area contributed by atoms with E-state index in [9.17, 15) is 13.2 Å². The molecule has 86 valence electrons. The van der Waals surface area contributed by atoms with Crippen molar-refractivity contribution in [2.45, 2.75) is 13.8 Å². The van der Waals surface area contributed by atoms with Gasteiger partial charge in [-0.25, -0.2) is 13.2 Å². The minimum Gasteiger partial charge on any atom is -0.382 e. The first kappa shape index (κ1) is 14.5. The summed E-state index contributed by atoms with van der Waals surface area (Å²) in [5.74, 6) is -3.05. The van der Waals surface area contributed by atoms with Crippen molar-refractivity contribution in [2.24, 2.45) is 0 Å². The number of hydrogen-bond donors (Lipinski definition) is 0. The van der Waals surface area contributed by atoms with Crippen LogP contribution < -0.4 is 0 Å². The van der Waals surface area contributed by atoms with E-state index >= 15 is 0 Å². The summed E-state index contributed by atoms with van der Waals surface area (Å²) in [4.78, 5) is 0. The summed E-state index contributed by atoms with van der Waals surface area (Å²) in [6.07, 6.45) is 0. The molecule has 0 atom stereocenters. The lowest BCUT2D eigenvalue weighted by Gasteiger charge is -1.94. The highest BCUT2D eigenvalue weighted by Gasteiger charge is 2.06. The zero-order chi connectivity index (χ0) is 11.8. The molecule has 0 saturated carbocycles. The highest BCUT2D eigenvalue weighted by Crippen LogP contribution is 2.18. The molecule has 1 aromatic rings. The summed E-state index contributed by atoms with van der Waals surface area (Å²) in [6, 6.07) is 1.23. The zero-order valence-electron chi connectivity index (χ0n) is 8.49. The summed E-state index contributed by atoms with van der Waals surface area (Å²) in [6.45, 7) is 5.67. The molecular weight excluding hydrogens is 273 g/mol. The van der Waals surface area contributed by atoms with Crippen LogP contribution in [0.25, 0.3) is 0 Å². The quantitative estimate of drug-likeness (QED) is 0.749. The monoisotopic (exact) mass is 284 g/mol. The lowest BCUT2D eigenvalue weighted by Crippen LogP contribution is -1.86. The fourth-order valence-corrected chi connectivity index (χ4v) is 1.02. The van der Waals surface area contributed by atoms with E-state index in [1.165, 1.54) is 0 Å². The fraction of sp³-hybridized carbons (Fsp3) is 0.400. The maximum atomic E-state index is 12.3. The minimum atomic E-state index is -1.18. The molecule has 0 saturated heterocycles. The van der Waals surface area contributed by atoms with Gasteiger partial charge in [-0.1, -0.05) is 0 Å². The first-order valence-electron chi connectivity index (χ1n) is 4.40. The van der Waals surface area contributed by atoms with E-state index < -0.39 is 17.5 Å². The fourth-order valence-electron chi connectivity index (χ4n) is 0.702. The van der Waals surface area contributed by atoms with Crippen LogP contribution in [0.3, 0.4) is 0 Å². The van der Waals surface area contributed by atoms with Gasteiger partial charge in [0.15, 0.2) is 11.6 Å². The number of rotatable bonds is 2. The largest absolute Gasteiger partial charge is 0.382 e. The lowest BCUT2D eigenvalue weighted by molar-refractivity contribution is 0.162. The highest BCUT2D eigenvalue weighted by molar-refractivity contribution is 9.10. The van der Waals surface area contributed by atoms with E-state index in [4.69, 9.17) is 4.74 Å². The third-order valence-corrected chi connectivity index (χ3v) is 1.98. The Morgan fingerprint density at radius 2 is 1.47 bits per heavy atom. The van der Waals surface area contributed by atoms with Crippen molar-refractivity contribution in [3.8, 4) is 0 Å². The van der Waals surface area contributed by atoms with Gasteiger partial charge >= 0.3 is 0 Å². The predicted octanol–water partition coefficient (Wildman–Crippen LogP) is 3.91. The number of halogens is 4. The molecular formula is C10H12BrF3O. The molecule has 0 aliphatic carbocycles. The maximum Gasteiger partial charge on any atom is 0.161 e. The Kier molecular flexibility index (Phi) is 7.42. The first-order valence-corrected chi connectivity index (χ1v) is 5.20. The van der Waals surface area contributed by atoms with Crippen LogP contribution in [0.15, 0.2) is 16.6 Å². The number of benzene rings is 1. The van der Waals surface area contributed by atoms with Crippen LogP contribution in [0.2, 0.25) is 0 Å². The van der Waals surface area contributed by atoms with Gasteiger partial charge in [0.1, 0.15) is 5.82 Å². The van der Waals surface area contributed by atoms with Crippen LogP contribution in [-0.2, 0) is 4.74 Å². The van der Waals surface area contributed by atoms with Crippen molar-refractivity contribution < 1.29 is 17.9 Å². The molecule has 0 unspecified atom stereocenters. The molecule has 0 aliphatic rings. The smallest absolute Gasteiger partial charge is 0.161 e. The van der Waals surface area contributed by atoms with E-state index in [2.05, 4.69) is 15.9 Å². The maximum absolute atomic E-state index is 12.3. The Balaban J connectivity index is 0.000000336. The molecule has 1 aromatic carbocycles. The van der Waals surface area contributed by atoms with Crippen molar-refractivity contribution in [1.29, 1.82) is 0 Å². The molecule has 0 bridgehead atoms. The van der Waals surface area contributed by atoms with Crippen molar-refractivity contribution in [3.05, 3.63) is 34.1 Å². The van der Waals surface area contributed by atoms with Gasteiger partial charge in [0, 0.05) is 19.3 Å². The van der Waals surface area contributed by atoms with E-state index in [0.717, 1.165) is 19.3 Å². The summed E-state index contributed by atoms with van der Waals surface area (Å²) < 4.78 is 41.4. The third-order valence-electron chi connectivity index (χ3n) is 1.37. The van der Waals surface area contributed by atoms with Gasteiger partial charge in [0.25, 0.3) is 0 Å². The topological polar surface area (TPSA) is 9.23 Å². The SMILES string of the molecule is CCOCC.Fc1cc(F)c(Br)cc1F. The van der Waals surface area contributed by atoms with Crippen LogP contribution in [0.4, 0.5) is 13.2 Å². The van der Waals surface area contributed by atoms with Gasteiger partial charge in [-0.15, -0.1) is 0 Å². The van der Waals surface area contributed by atoms with Crippen LogP contribution in [0.5, 0.6) is 0 Å². The van der Waals surface area contributed by atoms with E-state index in [-0.39, 0.29) is 4.47 Å². The van der Waals surface area contributed by atoms with Crippen LogP contribution in [-0.4, -0.2) is 13.2 Å². The first-order chi connectivity index (χ1) is 7.02. The average molecular weight is 285 g/mol. The van der Waals surface area contributed by atoms with Crippen LogP contribution in [0, 0.1) is 17.5 Å². The average Bonchev–Trinajstić information content (AvgIpc) is 2.17. The normalized spacial score (nSPS) is 9.47. The van der Waals surface area contributed by atoms with Gasteiger partial charge in [0.05, 0.1) is 4.47 Å². The van der Waals surface area contributed by atoms with Crippen molar-refractivity contribution in [2.75, 3.05) is 13.2 Å². The second-order valence-electron chi connectivity index (χ2n) is 2.46. The molecule has 1 rings (SSSR count). The molecule has 0 spiro atoms. The third kappa shape index (κ3) is 5.79. The zero-order valence-corrected chi connectivity index (χ0v) is 10.1. The Hall–Kier alpha value is -0.550. The lowest BCUT2D eigenvalue weighted by atomic mass is 10.3. The van der Waals surface area contributed by atoms with Gasteiger partial charge in [0.2, 0.25) is 0 Å². The minimum absolute atomic E-state index is 0.0774. The van der Waals surface area contributed by atoms with E-state index in [1.807, 2.05) is 13.8 Å². The van der Waals surface area contributed by atoms with Crippen molar-refractivity contribution >= 4 is 15.9 Å².